The highest BCUT2D eigenvalue weighted by molar-refractivity contribution is 5.50. The van der Waals surface area contributed by atoms with Crippen LogP contribution in [0, 0.1) is 0 Å². The van der Waals surface area contributed by atoms with Gasteiger partial charge in [-0.25, -0.2) is 4.98 Å². The molecule has 2 aromatic heterocycles. The third-order valence-electron chi connectivity index (χ3n) is 2.50. The highest BCUT2D eigenvalue weighted by Crippen LogP contribution is 2.37. The second kappa shape index (κ2) is 3.08. The molecule has 0 atom stereocenters. The smallest absolute Gasteiger partial charge is 0.251 e. The average molecular weight is 202 g/mol. The van der Waals surface area contributed by atoms with Gasteiger partial charge in [0.2, 0.25) is 0 Å². The quantitative estimate of drug-likeness (QED) is 0.809. The van der Waals surface area contributed by atoms with Crippen LogP contribution in [0.4, 0.5) is 0 Å². The molecular formula is C11H10N2O2. The van der Waals surface area contributed by atoms with Gasteiger partial charge in [0, 0.05) is 12.0 Å². The zero-order valence-corrected chi connectivity index (χ0v) is 8.06. The molecule has 0 spiro atoms. The van der Waals surface area contributed by atoms with Crippen LogP contribution < -0.4 is 5.56 Å². The molecule has 1 aliphatic carbocycles. The summed E-state index contributed by atoms with van der Waals surface area (Å²) in [5, 5.41) is 0. The standard InChI is InChI=1S/C11H10N2O2/c14-10-6-8(9-2-1-5-15-9)12-11(13-10)7-3-4-7/h1-2,5-7H,3-4H2,(H,12,13,14). The first-order valence-electron chi connectivity index (χ1n) is 4.98. The third-order valence-corrected chi connectivity index (χ3v) is 2.50. The molecule has 1 fully saturated rings. The van der Waals surface area contributed by atoms with Gasteiger partial charge in [0.25, 0.3) is 5.56 Å². The lowest BCUT2D eigenvalue weighted by Crippen LogP contribution is -2.10. The van der Waals surface area contributed by atoms with E-state index < -0.39 is 0 Å². The Morgan fingerprint density at radius 3 is 3.00 bits per heavy atom. The van der Waals surface area contributed by atoms with E-state index in [4.69, 9.17) is 4.42 Å². The molecule has 0 saturated heterocycles. The molecule has 0 unspecified atom stereocenters. The fraction of sp³-hybridized carbons (Fsp3) is 0.273. The van der Waals surface area contributed by atoms with Gasteiger partial charge < -0.3 is 9.40 Å². The van der Waals surface area contributed by atoms with Crippen molar-refractivity contribution in [3.05, 3.63) is 40.6 Å². The molecule has 0 radical (unpaired) electrons. The van der Waals surface area contributed by atoms with Gasteiger partial charge in [-0.1, -0.05) is 0 Å². The fourth-order valence-corrected chi connectivity index (χ4v) is 1.58. The van der Waals surface area contributed by atoms with Gasteiger partial charge in [-0.2, -0.15) is 0 Å². The first-order valence-corrected chi connectivity index (χ1v) is 4.98. The van der Waals surface area contributed by atoms with E-state index in [9.17, 15) is 4.79 Å². The van der Waals surface area contributed by atoms with Crippen molar-refractivity contribution < 1.29 is 4.42 Å². The number of hydrogen-bond acceptors (Lipinski definition) is 3. The van der Waals surface area contributed by atoms with Gasteiger partial charge in [0.15, 0.2) is 5.76 Å². The number of nitrogens with one attached hydrogen (secondary N) is 1. The van der Waals surface area contributed by atoms with Crippen molar-refractivity contribution in [2.45, 2.75) is 18.8 Å². The van der Waals surface area contributed by atoms with Crippen molar-refractivity contribution in [1.29, 1.82) is 0 Å². The molecule has 1 N–H and O–H groups in total. The molecule has 1 saturated carbocycles. The van der Waals surface area contributed by atoms with Crippen LogP contribution in [0.1, 0.15) is 24.6 Å². The van der Waals surface area contributed by atoms with Crippen LogP contribution >= 0.6 is 0 Å². The summed E-state index contributed by atoms with van der Waals surface area (Å²) in [5.74, 6) is 1.87. The van der Waals surface area contributed by atoms with E-state index in [1.54, 1.807) is 18.4 Å². The molecule has 4 nitrogen and oxygen atoms in total. The Kier molecular flexibility index (Phi) is 1.74. The van der Waals surface area contributed by atoms with Crippen molar-refractivity contribution in [2.75, 3.05) is 0 Å². The third kappa shape index (κ3) is 1.58. The van der Waals surface area contributed by atoms with E-state index in [2.05, 4.69) is 9.97 Å². The first-order chi connectivity index (χ1) is 7.33. The number of aromatic amines is 1. The van der Waals surface area contributed by atoms with E-state index in [1.807, 2.05) is 0 Å². The molecule has 0 amide bonds. The highest BCUT2D eigenvalue weighted by Gasteiger charge is 2.26. The maximum atomic E-state index is 11.4. The number of aromatic nitrogens is 2. The Morgan fingerprint density at radius 2 is 2.33 bits per heavy atom. The van der Waals surface area contributed by atoms with Crippen molar-refractivity contribution in [3.63, 3.8) is 0 Å². The molecule has 0 aromatic carbocycles. The summed E-state index contributed by atoms with van der Waals surface area (Å²) >= 11 is 0. The summed E-state index contributed by atoms with van der Waals surface area (Å²) in [4.78, 5) is 18.6. The van der Waals surface area contributed by atoms with Crippen LogP contribution in [-0.2, 0) is 0 Å². The summed E-state index contributed by atoms with van der Waals surface area (Å²) in [6.45, 7) is 0. The Labute approximate surface area is 86.0 Å². The normalized spacial score (nSPS) is 15.5. The maximum absolute atomic E-state index is 11.4. The number of H-pyrrole nitrogens is 1. The number of nitrogens with zero attached hydrogens (tertiary/aromatic N) is 1. The maximum Gasteiger partial charge on any atom is 0.251 e. The summed E-state index contributed by atoms with van der Waals surface area (Å²) < 4.78 is 5.21. The topological polar surface area (TPSA) is 58.9 Å². The van der Waals surface area contributed by atoms with Crippen LogP contribution in [-0.4, -0.2) is 9.97 Å². The zero-order chi connectivity index (χ0) is 10.3. The molecule has 3 rings (SSSR count). The molecule has 4 heteroatoms. The second-order valence-electron chi connectivity index (χ2n) is 3.77. The molecule has 0 aliphatic heterocycles. The SMILES string of the molecule is O=c1cc(-c2ccco2)nc(C2CC2)[nH]1. The summed E-state index contributed by atoms with van der Waals surface area (Å²) in [6, 6.07) is 5.05. The van der Waals surface area contributed by atoms with E-state index in [1.165, 1.54) is 6.07 Å². The van der Waals surface area contributed by atoms with E-state index >= 15 is 0 Å². The van der Waals surface area contributed by atoms with Crippen molar-refractivity contribution in [2.24, 2.45) is 0 Å². The lowest BCUT2D eigenvalue weighted by molar-refractivity contribution is 0.579. The summed E-state index contributed by atoms with van der Waals surface area (Å²) in [5.41, 5.74) is 0.504. The van der Waals surface area contributed by atoms with Gasteiger partial charge in [0.05, 0.1) is 6.26 Å². The second-order valence-corrected chi connectivity index (χ2v) is 3.77. The summed E-state index contributed by atoms with van der Waals surface area (Å²) in [7, 11) is 0. The molecule has 2 heterocycles. The first kappa shape index (κ1) is 8.47. The van der Waals surface area contributed by atoms with Crippen LogP contribution in [0.25, 0.3) is 11.5 Å². The Bertz CT molecular complexity index is 524. The fourth-order valence-electron chi connectivity index (χ4n) is 1.58. The van der Waals surface area contributed by atoms with Gasteiger partial charge in [0.1, 0.15) is 11.5 Å². The van der Waals surface area contributed by atoms with Crippen LogP contribution in [0.2, 0.25) is 0 Å². The highest BCUT2D eigenvalue weighted by atomic mass is 16.3. The molecular weight excluding hydrogens is 192 g/mol. The molecule has 2 aromatic rings. The van der Waals surface area contributed by atoms with Crippen LogP contribution in [0.3, 0.4) is 0 Å². The predicted octanol–water partition coefficient (Wildman–Crippen LogP) is 1.91. The van der Waals surface area contributed by atoms with Crippen molar-refractivity contribution >= 4 is 0 Å². The zero-order valence-electron chi connectivity index (χ0n) is 8.06. The Balaban J connectivity index is 2.11. The minimum atomic E-state index is -0.113. The van der Waals surface area contributed by atoms with Gasteiger partial charge in [-0.3, -0.25) is 4.79 Å². The number of rotatable bonds is 2. The van der Waals surface area contributed by atoms with E-state index in [0.29, 0.717) is 17.4 Å². The molecule has 15 heavy (non-hydrogen) atoms. The molecule has 76 valence electrons. The van der Waals surface area contributed by atoms with Crippen LogP contribution in [0.15, 0.2) is 33.7 Å². The monoisotopic (exact) mass is 202 g/mol. The van der Waals surface area contributed by atoms with Gasteiger partial charge in [-0.15, -0.1) is 0 Å². The summed E-state index contributed by atoms with van der Waals surface area (Å²) in [6.07, 6.45) is 3.81. The van der Waals surface area contributed by atoms with Crippen LogP contribution in [0.5, 0.6) is 0 Å². The number of furan rings is 1. The minimum absolute atomic E-state index is 0.113. The van der Waals surface area contributed by atoms with E-state index in [0.717, 1.165) is 18.7 Å². The Morgan fingerprint density at radius 1 is 1.47 bits per heavy atom. The van der Waals surface area contributed by atoms with Crippen molar-refractivity contribution in [1.82, 2.24) is 9.97 Å². The predicted molar refractivity (Wildman–Crippen MR) is 54.5 cm³/mol. The number of hydrogen-bond donors (Lipinski definition) is 1. The minimum Gasteiger partial charge on any atom is -0.463 e. The lowest BCUT2D eigenvalue weighted by Gasteiger charge is -1.99. The van der Waals surface area contributed by atoms with Gasteiger partial charge in [-0.05, 0) is 25.0 Å². The molecule has 0 bridgehead atoms. The molecule has 1 aliphatic rings. The van der Waals surface area contributed by atoms with E-state index in [-0.39, 0.29) is 5.56 Å². The van der Waals surface area contributed by atoms with Crippen molar-refractivity contribution in [3.8, 4) is 11.5 Å². The van der Waals surface area contributed by atoms with Gasteiger partial charge >= 0.3 is 0 Å². The lowest BCUT2D eigenvalue weighted by atomic mass is 10.3. The largest absolute Gasteiger partial charge is 0.463 e. The average Bonchev–Trinajstić information content (AvgIpc) is 2.93. The Hall–Kier alpha value is -1.84.